The molecular formula is C15H23N3. The van der Waals surface area contributed by atoms with Crippen LogP contribution >= 0.6 is 0 Å². The Kier molecular flexibility index (Phi) is 3.90. The molecule has 0 heterocycles. The number of hydrogen-bond acceptors (Lipinski definition) is 1. The number of hydrogen-bond donors (Lipinski definition) is 0. The zero-order chi connectivity index (χ0) is 13.1. The first-order valence-corrected chi connectivity index (χ1v) is 6.55. The van der Waals surface area contributed by atoms with Crippen molar-refractivity contribution in [2.45, 2.75) is 24.8 Å². The van der Waals surface area contributed by atoms with Crippen LogP contribution in [0.3, 0.4) is 0 Å². The predicted octanol–water partition coefficient (Wildman–Crippen LogP) is 2.41. The highest BCUT2D eigenvalue weighted by molar-refractivity contribution is 5.79. The maximum absolute atomic E-state index is 4.83. The van der Waals surface area contributed by atoms with E-state index in [-0.39, 0.29) is 0 Å². The Balaban J connectivity index is 1.95. The zero-order valence-electron chi connectivity index (χ0n) is 11.8. The van der Waals surface area contributed by atoms with Gasteiger partial charge >= 0.3 is 0 Å². The van der Waals surface area contributed by atoms with E-state index < -0.39 is 0 Å². The summed E-state index contributed by atoms with van der Waals surface area (Å²) in [6.07, 6.45) is 2.35. The Morgan fingerprint density at radius 2 is 1.56 bits per heavy atom. The summed E-state index contributed by atoms with van der Waals surface area (Å²) in [5, 5.41) is 0. The molecule has 1 aromatic carbocycles. The van der Waals surface area contributed by atoms with Crippen LogP contribution in [0.2, 0.25) is 0 Å². The van der Waals surface area contributed by atoms with E-state index in [0.29, 0.717) is 12.0 Å². The lowest BCUT2D eigenvalue weighted by Crippen LogP contribution is -2.38. The number of guanidine groups is 1. The van der Waals surface area contributed by atoms with Crippen molar-refractivity contribution in [2.24, 2.45) is 4.99 Å². The van der Waals surface area contributed by atoms with Crippen molar-refractivity contribution in [1.82, 2.24) is 9.80 Å². The van der Waals surface area contributed by atoms with Gasteiger partial charge in [-0.1, -0.05) is 30.3 Å². The number of benzene rings is 1. The van der Waals surface area contributed by atoms with E-state index in [1.807, 2.05) is 28.2 Å². The van der Waals surface area contributed by atoms with Crippen molar-refractivity contribution in [2.75, 3.05) is 28.2 Å². The van der Waals surface area contributed by atoms with Gasteiger partial charge in [-0.15, -0.1) is 0 Å². The fraction of sp³-hybridized carbons (Fsp3) is 0.533. The molecule has 2 rings (SSSR count). The molecule has 0 bridgehead atoms. The first-order chi connectivity index (χ1) is 8.58. The third-order valence-corrected chi connectivity index (χ3v) is 3.48. The van der Waals surface area contributed by atoms with E-state index in [1.165, 1.54) is 18.4 Å². The van der Waals surface area contributed by atoms with Gasteiger partial charge in [-0.25, -0.2) is 4.99 Å². The van der Waals surface area contributed by atoms with Crippen LogP contribution in [-0.2, 0) is 0 Å². The quantitative estimate of drug-likeness (QED) is 0.588. The van der Waals surface area contributed by atoms with Crippen molar-refractivity contribution >= 4 is 5.96 Å². The molecule has 18 heavy (non-hydrogen) atoms. The molecule has 0 radical (unpaired) electrons. The minimum atomic E-state index is 0.481. The number of nitrogens with zero attached hydrogens (tertiary/aromatic N) is 3. The molecule has 1 fully saturated rings. The molecule has 1 aromatic rings. The van der Waals surface area contributed by atoms with Crippen LogP contribution in [0.1, 0.15) is 24.3 Å². The average molecular weight is 245 g/mol. The van der Waals surface area contributed by atoms with Crippen LogP contribution in [0.5, 0.6) is 0 Å². The van der Waals surface area contributed by atoms with Crippen molar-refractivity contribution in [3.8, 4) is 0 Å². The molecule has 98 valence electrons. The van der Waals surface area contributed by atoms with Gasteiger partial charge in [0.2, 0.25) is 0 Å². The molecule has 0 amide bonds. The van der Waals surface area contributed by atoms with Gasteiger partial charge < -0.3 is 9.80 Å². The molecule has 1 saturated carbocycles. The van der Waals surface area contributed by atoms with Crippen LogP contribution in [0.4, 0.5) is 0 Å². The van der Waals surface area contributed by atoms with Gasteiger partial charge in [-0.05, 0) is 24.3 Å². The van der Waals surface area contributed by atoms with E-state index in [2.05, 4.69) is 40.1 Å². The second-order valence-corrected chi connectivity index (χ2v) is 5.45. The molecule has 0 aliphatic heterocycles. The molecule has 0 atom stereocenters. The summed E-state index contributed by atoms with van der Waals surface area (Å²) in [5.74, 6) is 1.76. The van der Waals surface area contributed by atoms with Gasteiger partial charge in [0.1, 0.15) is 0 Å². The summed E-state index contributed by atoms with van der Waals surface area (Å²) >= 11 is 0. The normalized spacial score (nSPS) is 22.0. The van der Waals surface area contributed by atoms with Crippen LogP contribution in [0, 0.1) is 0 Å². The van der Waals surface area contributed by atoms with E-state index in [9.17, 15) is 0 Å². The molecule has 0 aromatic heterocycles. The third kappa shape index (κ3) is 2.84. The molecule has 3 nitrogen and oxygen atoms in total. The summed E-state index contributed by atoms with van der Waals surface area (Å²) in [5.41, 5.74) is 1.46. The largest absolute Gasteiger partial charge is 0.349 e. The van der Waals surface area contributed by atoms with Gasteiger partial charge in [0, 0.05) is 28.2 Å². The Bertz CT molecular complexity index is 393. The molecule has 0 saturated heterocycles. The maximum Gasteiger partial charge on any atom is 0.195 e. The molecule has 3 heteroatoms. The van der Waals surface area contributed by atoms with Crippen molar-refractivity contribution in [1.29, 1.82) is 0 Å². The summed E-state index contributed by atoms with van der Waals surface area (Å²) in [6, 6.07) is 11.3. The molecule has 0 unspecified atom stereocenters. The Hall–Kier alpha value is -1.51. The van der Waals surface area contributed by atoms with E-state index in [4.69, 9.17) is 4.99 Å². The average Bonchev–Trinajstić information content (AvgIpc) is 2.27. The lowest BCUT2D eigenvalue weighted by Gasteiger charge is -2.35. The standard InChI is InChI=1S/C15H23N3/c1-17(2)15(18(3)4)16-14-10-13(11-14)12-8-6-5-7-9-12/h5-9,13-14H,10-11H2,1-4H3. The molecular weight excluding hydrogens is 222 g/mol. The minimum absolute atomic E-state index is 0.481. The van der Waals surface area contributed by atoms with Crippen LogP contribution in [-0.4, -0.2) is 50.0 Å². The number of aliphatic imine (C=N–C) groups is 1. The second-order valence-electron chi connectivity index (χ2n) is 5.45. The first kappa shape index (κ1) is 12.9. The topological polar surface area (TPSA) is 18.8 Å². The molecule has 0 N–H and O–H groups in total. The highest BCUT2D eigenvalue weighted by Gasteiger charge is 2.30. The smallest absolute Gasteiger partial charge is 0.195 e. The summed E-state index contributed by atoms with van der Waals surface area (Å²) in [6.45, 7) is 0. The Labute approximate surface area is 110 Å². The lowest BCUT2D eigenvalue weighted by atomic mass is 9.76. The third-order valence-electron chi connectivity index (χ3n) is 3.48. The summed E-state index contributed by atoms with van der Waals surface area (Å²) in [7, 11) is 8.19. The Morgan fingerprint density at radius 1 is 1.00 bits per heavy atom. The van der Waals surface area contributed by atoms with Gasteiger partial charge in [0.25, 0.3) is 0 Å². The van der Waals surface area contributed by atoms with Crippen LogP contribution < -0.4 is 0 Å². The highest BCUT2D eigenvalue weighted by Crippen LogP contribution is 2.38. The van der Waals surface area contributed by atoms with Gasteiger partial charge in [0.05, 0.1) is 6.04 Å². The summed E-state index contributed by atoms with van der Waals surface area (Å²) in [4.78, 5) is 8.98. The highest BCUT2D eigenvalue weighted by atomic mass is 15.3. The van der Waals surface area contributed by atoms with Crippen LogP contribution in [0.25, 0.3) is 0 Å². The van der Waals surface area contributed by atoms with E-state index in [1.54, 1.807) is 0 Å². The van der Waals surface area contributed by atoms with E-state index in [0.717, 1.165) is 5.96 Å². The predicted molar refractivity (Wildman–Crippen MR) is 77.0 cm³/mol. The SMILES string of the molecule is CN(C)C(=NC1CC(c2ccccc2)C1)N(C)C. The van der Waals surface area contributed by atoms with Gasteiger partial charge in [-0.3, -0.25) is 0 Å². The number of rotatable bonds is 2. The van der Waals surface area contributed by atoms with Gasteiger partial charge in [-0.2, -0.15) is 0 Å². The van der Waals surface area contributed by atoms with Crippen LogP contribution in [0.15, 0.2) is 35.3 Å². The fourth-order valence-corrected chi connectivity index (χ4v) is 2.48. The molecule has 1 aliphatic rings. The maximum atomic E-state index is 4.83. The monoisotopic (exact) mass is 245 g/mol. The Morgan fingerprint density at radius 3 is 2.06 bits per heavy atom. The van der Waals surface area contributed by atoms with Crippen molar-refractivity contribution in [3.05, 3.63) is 35.9 Å². The molecule has 1 aliphatic carbocycles. The first-order valence-electron chi connectivity index (χ1n) is 6.55. The minimum Gasteiger partial charge on any atom is -0.349 e. The fourth-order valence-electron chi connectivity index (χ4n) is 2.48. The van der Waals surface area contributed by atoms with E-state index >= 15 is 0 Å². The lowest BCUT2D eigenvalue weighted by molar-refractivity contribution is 0.342. The van der Waals surface area contributed by atoms with Crippen molar-refractivity contribution < 1.29 is 0 Å². The molecule has 0 spiro atoms. The second kappa shape index (κ2) is 5.42. The zero-order valence-corrected chi connectivity index (χ0v) is 11.8. The van der Waals surface area contributed by atoms with Crippen molar-refractivity contribution in [3.63, 3.8) is 0 Å². The summed E-state index contributed by atoms with van der Waals surface area (Å²) < 4.78 is 0. The van der Waals surface area contributed by atoms with Gasteiger partial charge in [0.15, 0.2) is 5.96 Å².